The summed E-state index contributed by atoms with van der Waals surface area (Å²) in [6.07, 6.45) is 0.606. The van der Waals surface area contributed by atoms with Crippen molar-refractivity contribution < 1.29 is 5.11 Å². The topological polar surface area (TPSA) is 60.1 Å². The van der Waals surface area contributed by atoms with Crippen LogP contribution in [-0.4, -0.2) is 28.7 Å². The molecule has 5 heteroatoms. The van der Waals surface area contributed by atoms with E-state index in [1.165, 1.54) is 11.5 Å². The Balaban J connectivity index is 2.17. The zero-order valence-corrected chi connectivity index (χ0v) is 12.8. The molecule has 0 aromatic carbocycles. The van der Waals surface area contributed by atoms with Crippen molar-refractivity contribution in [1.82, 2.24) is 4.37 Å². The minimum atomic E-state index is -0.345. The molecule has 0 aliphatic carbocycles. The zero-order valence-electron chi connectivity index (χ0n) is 12.0. The number of nitrogens with zero attached hydrogens (tertiary/aromatic N) is 3. The second-order valence-electron chi connectivity index (χ2n) is 6.33. The molecule has 1 aliphatic rings. The van der Waals surface area contributed by atoms with Crippen LogP contribution in [0.15, 0.2) is 0 Å². The summed E-state index contributed by atoms with van der Waals surface area (Å²) in [5.41, 5.74) is 1.56. The lowest BCUT2D eigenvalue weighted by molar-refractivity contribution is 0.0295. The van der Waals surface area contributed by atoms with Gasteiger partial charge in [0.1, 0.15) is 16.6 Å². The Bertz CT molecular complexity index is 498. The number of piperidine rings is 1. The molecule has 2 unspecified atom stereocenters. The summed E-state index contributed by atoms with van der Waals surface area (Å²) < 4.78 is 4.25. The summed E-state index contributed by atoms with van der Waals surface area (Å²) in [5.74, 6) is 0.309. The van der Waals surface area contributed by atoms with E-state index in [0.717, 1.165) is 23.7 Å². The first kappa shape index (κ1) is 14.3. The van der Waals surface area contributed by atoms with Gasteiger partial charge in [-0.2, -0.15) is 9.64 Å². The minimum absolute atomic E-state index is 0.118. The highest BCUT2D eigenvalue weighted by atomic mass is 32.1. The summed E-state index contributed by atoms with van der Waals surface area (Å²) in [6, 6.07) is 2.22. The number of nitriles is 1. The van der Waals surface area contributed by atoms with Crippen LogP contribution in [-0.2, 0) is 0 Å². The maximum atomic E-state index is 10.4. The summed E-state index contributed by atoms with van der Waals surface area (Å²) in [5, 5.41) is 20.5. The number of aliphatic hydroxyl groups excluding tert-OH is 1. The third kappa shape index (κ3) is 2.75. The normalized spacial score (nSPS) is 24.3. The number of rotatable bonds is 1. The van der Waals surface area contributed by atoms with Crippen LogP contribution in [0, 0.1) is 29.6 Å². The Morgan fingerprint density at radius 1 is 1.47 bits per heavy atom. The van der Waals surface area contributed by atoms with Crippen molar-refractivity contribution in [3.63, 3.8) is 0 Å². The molecule has 2 rings (SSSR count). The lowest BCUT2D eigenvalue weighted by atomic mass is 9.74. The number of aliphatic hydroxyl groups is 1. The lowest BCUT2D eigenvalue weighted by Crippen LogP contribution is -2.48. The van der Waals surface area contributed by atoms with Crippen LogP contribution >= 0.6 is 11.5 Å². The first-order valence-corrected chi connectivity index (χ1v) is 7.41. The zero-order chi connectivity index (χ0) is 14.2. The third-order valence-corrected chi connectivity index (χ3v) is 4.94. The van der Waals surface area contributed by atoms with Crippen molar-refractivity contribution in [1.29, 1.82) is 5.26 Å². The van der Waals surface area contributed by atoms with Crippen LogP contribution in [0.2, 0.25) is 0 Å². The predicted octanol–water partition coefficient (Wildman–Crippen LogP) is 2.56. The fourth-order valence-electron chi connectivity index (χ4n) is 2.83. The molecule has 1 aromatic rings. The van der Waals surface area contributed by atoms with Crippen LogP contribution in [0.1, 0.15) is 38.4 Å². The monoisotopic (exact) mass is 279 g/mol. The second kappa shape index (κ2) is 5.10. The van der Waals surface area contributed by atoms with Crippen molar-refractivity contribution in [2.45, 2.75) is 40.2 Å². The van der Waals surface area contributed by atoms with Gasteiger partial charge in [0.25, 0.3) is 0 Å². The number of aryl methyl sites for hydroxylation is 1. The van der Waals surface area contributed by atoms with E-state index >= 15 is 0 Å². The van der Waals surface area contributed by atoms with E-state index in [-0.39, 0.29) is 11.5 Å². The number of hydrogen-bond acceptors (Lipinski definition) is 5. The van der Waals surface area contributed by atoms with E-state index in [2.05, 4.69) is 36.1 Å². The maximum Gasteiger partial charge on any atom is 0.130 e. The standard InChI is InChI=1S/C14H21N3OS/c1-9-10(7-15)13(19-16-9)17-6-5-11(12(18)8-17)14(2,3)4/h11-12,18H,5-6,8H2,1-4H3. The number of anilines is 1. The highest BCUT2D eigenvalue weighted by molar-refractivity contribution is 7.10. The molecule has 2 atom stereocenters. The fraction of sp³-hybridized carbons (Fsp3) is 0.714. The molecule has 0 amide bonds. The van der Waals surface area contributed by atoms with Crippen LogP contribution < -0.4 is 4.90 Å². The highest BCUT2D eigenvalue weighted by Crippen LogP contribution is 2.37. The third-order valence-electron chi connectivity index (χ3n) is 3.94. The van der Waals surface area contributed by atoms with Crippen LogP contribution in [0.4, 0.5) is 5.00 Å². The van der Waals surface area contributed by atoms with Gasteiger partial charge < -0.3 is 10.0 Å². The maximum absolute atomic E-state index is 10.4. The summed E-state index contributed by atoms with van der Waals surface area (Å²) in [6.45, 7) is 9.86. The van der Waals surface area contributed by atoms with Gasteiger partial charge in [-0.25, -0.2) is 0 Å². The van der Waals surface area contributed by atoms with E-state index in [9.17, 15) is 10.4 Å². The molecule has 104 valence electrons. The SMILES string of the molecule is Cc1nsc(N2CCC(C(C)(C)C)C(O)C2)c1C#N. The van der Waals surface area contributed by atoms with Gasteiger partial charge in [0, 0.05) is 13.1 Å². The van der Waals surface area contributed by atoms with Crippen LogP contribution in [0.25, 0.3) is 0 Å². The fourth-order valence-corrected chi connectivity index (χ4v) is 3.71. The summed E-state index contributed by atoms with van der Waals surface area (Å²) >= 11 is 1.36. The van der Waals surface area contributed by atoms with Gasteiger partial charge in [-0.15, -0.1) is 0 Å². The molecule has 0 saturated carbocycles. The number of aromatic nitrogens is 1. The number of hydrogen-bond donors (Lipinski definition) is 1. The van der Waals surface area contributed by atoms with Gasteiger partial charge in [0.2, 0.25) is 0 Å². The smallest absolute Gasteiger partial charge is 0.130 e. The van der Waals surface area contributed by atoms with Crippen molar-refractivity contribution in [2.75, 3.05) is 18.0 Å². The molecule has 1 saturated heterocycles. The van der Waals surface area contributed by atoms with E-state index < -0.39 is 0 Å². The van der Waals surface area contributed by atoms with Crippen molar-refractivity contribution in [2.24, 2.45) is 11.3 Å². The Kier molecular flexibility index (Phi) is 3.84. The van der Waals surface area contributed by atoms with E-state index in [1.54, 1.807) is 0 Å². The summed E-state index contributed by atoms with van der Waals surface area (Å²) in [4.78, 5) is 2.11. The minimum Gasteiger partial charge on any atom is -0.391 e. The lowest BCUT2D eigenvalue weighted by Gasteiger charge is -2.42. The molecule has 0 radical (unpaired) electrons. The molecule has 0 spiro atoms. The molecular formula is C14H21N3OS. The molecule has 2 heterocycles. The molecule has 1 N–H and O–H groups in total. The average Bonchev–Trinajstić information content (AvgIpc) is 2.68. The number of β-amino-alcohol motifs (C(OH)–C–C–N with tert-alkyl or cyclic N) is 1. The second-order valence-corrected chi connectivity index (χ2v) is 7.09. The van der Waals surface area contributed by atoms with Crippen LogP contribution in [0.5, 0.6) is 0 Å². The Labute approximate surface area is 118 Å². The molecule has 1 aliphatic heterocycles. The van der Waals surface area contributed by atoms with Gasteiger partial charge in [-0.05, 0) is 36.2 Å². The van der Waals surface area contributed by atoms with Gasteiger partial charge in [-0.3, -0.25) is 0 Å². The quantitative estimate of drug-likeness (QED) is 0.858. The van der Waals surface area contributed by atoms with E-state index in [4.69, 9.17) is 0 Å². The average molecular weight is 279 g/mol. The van der Waals surface area contributed by atoms with Gasteiger partial charge in [0.05, 0.1) is 11.8 Å². The highest BCUT2D eigenvalue weighted by Gasteiger charge is 2.36. The van der Waals surface area contributed by atoms with Gasteiger partial charge in [0.15, 0.2) is 0 Å². The summed E-state index contributed by atoms with van der Waals surface area (Å²) in [7, 11) is 0. The largest absolute Gasteiger partial charge is 0.391 e. The first-order valence-electron chi connectivity index (χ1n) is 6.64. The van der Waals surface area contributed by atoms with Crippen molar-refractivity contribution >= 4 is 16.5 Å². The Morgan fingerprint density at radius 3 is 2.68 bits per heavy atom. The predicted molar refractivity (Wildman–Crippen MR) is 77.3 cm³/mol. The molecule has 1 fully saturated rings. The van der Waals surface area contributed by atoms with Gasteiger partial charge >= 0.3 is 0 Å². The molecule has 19 heavy (non-hydrogen) atoms. The molecule has 0 bridgehead atoms. The van der Waals surface area contributed by atoms with Crippen LogP contribution in [0.3, 0.4) is 0 Å². The Morgan fingerprint density at radius 2 is 2.16 bits per heavy atom. The molecule has 4 nitrogen and oxygen atoms in total. The van der Waals surface area contributed by atoms with E-state index in [0.29, 0.717) is 18.0 Å². The van der Waals surface area contributed by atoms with Crippen molar-refractivity contribution in [3.05, 3.63) is 11.3 Å². The Hall–Kier alpha value is -1.12. The molecular weight excluding hydrogens is 258 g/mol. The van der Waals surface area contributed by atoms with Gasteiger partial charge in [-0.1, -0.05) is 20.8 Å². The first-order chi connectivity index (χ1) is 8.84. The van der Waals surface area contributed by atoms with E-state index in [1.807, 2.05) is 6.92 Å². The van der Waals surface area contributed by atoms with Crippen molar-refractivity contribution in [3.8, 4) is 6.07 Å². The molecule has 1 aromatic heterocycles.